The predicted octanol–water partition coefficient (Wildman–Crippen LogP) is 3.17. The number of amidine groups is 1. The average Bonchev–Trinajstić information content (AvgIpc) is 2.85. The molecular weight excluding hydrogens is 399 g/mol. The lowest BCUT2D eigenvalue weighted by Gasteiger charge is -2.06. The van der Waals surface area contributed by atoms with Gasteiger partial charge in [0.25, 0.3) is 10.0 Å². The molecule has 1 heterocycles. The van der Waals surface area contributed by atoms with E-state index in [4.69, 9.17) is 27.9 Å². The molecule has 26 heavy (non-hydrogen) atoms. The number of fused-ring (bicyclic) bond motifs is 1. The Hall–Kier alpha value is -2.09. The molecule has 0 aliphatic carbocycles. The van der Waals surface area contributed by atoms with Gasteiger partial charge in [0.2, 0.25) is 0 Å². The van der Waals surface area contributed by atoms with Crippen molar-refractivity contribution in [1.82, 2.24) is 4.72 Å². The number of esters is 1. The molecule has 2 aromatic carbocycles. The number of sulfonamides is 1. The van der Waals surface area contributed by atoms with Gasteiger partial charge in [0, 0.05) is 21.2 Å². The third-order valence-electron chi connectivity index (χ3n) is 3.65. The number of benzene rings is 2. The lowest BCUT2D eigenvalue weighted by molar-refractivity contribution is -0.144. The highest BCUT2D eigenvalue weighted by Crippen LogP contribution is 2.23. The van der Waals surface area contributed by atoms with Gasteiger partial charge in [0.05, 0.1) is 17.9 Å². The maximum Gasteiger partial charge on any atom is 0.308 e. The number of halogens is 2. The zero-order valence-electron chi connectivity index (χ0n) is 13.4. The number of hydrogen-bond acceptors (Lipinski definition) is 5. The van der Waals surface area contributed by atoms with Crippen molar-refractivity contribution in [3.63, 3.8) is 0 Å². The summed E-state index contributed by atoms with van der Waals surface area (Å²) in [6.45, 7) is 0.125. The lowest BCUT2D eigenvalue weighted by Crippen LogP contribution is -2.22. The van der Waals surface area contributed by atoms with Crippen LogP contribution < -0.4 is 4.72 Å². The van der Waals surface area contributed by atoms with Gasteiger partial charge >= 0.3 is 5.97 Å². The number of ether oxygens (including phenoxy) is 1. The second-order valence-electron chi connectivity index (χ2n) is 5.48. The van der Waals surface area contributed by atoms with Crippen LogP contribution in [0.1, 0.15) is 17.5 Å². The molecule has 2 aromatic rings. The molecule has 1 N–H and O–H groups in total. The van der Waals surface area contributed by atoms with Gasteiger partial charge in [-0.2, -0.15) is 0 Å². The van der Waals surface area contributed by atoms with Crippen molar-refractivity contribution in [2.75, 3.05) is 6.54 Å². The van der Waals surface area contributed by atoms with Gasteiger partial charge in [0.1, 0.15) is 12.4 Å². The van der Waals surface area contributed by atoms with Crippen molar-refractivity contribution in [2.24, 2.45) is 4.99 Å². The average molecular weight is 413 g/mol. The highest BCUT2D eigenvalue weighted by molar-refractivity contribution is 7.90. The minimum atomic E-state index is -3.58. The summed E-state index contributed by atoms with van der Waals surface area (Å²) in [5.74, 6) is -0.233. The first-order chi connectivity index (χ1) is 12.4. The maximum atomic E-state index is 12.0. The van der Waals surface area contributed by atoms with Gasteiger partial charge in [-0.05, 0) is 24.3 Å². The fraction of sp³-hybridized carbons (Fsp3) is 0.176. The van der Waals surface area contributed by atoms with Gasteiger partial charge in [-0.15, -0.1) is 0 Å². The highest BCUT2D eigenvalue weighted by atomic mass is 35.5. The molecular formula is C17H14Cl2N2O4S. The number of hydrogen-bond donors (Lipinski definition) is 1. The van der Waals surface area contributed by atoms with Gasteiger partial charge in [-0.1, -0.05) is 41.4 Å². The van der Waals surface area contributed by atoms with E-state index in [0.717, 1.165) is 0 Å². The van der Waals surface area contributed by atoms with E-state index in [2.05, 4.69) is 9.71 Å². The van der Waals surface area contributed by atoms with Crippen LogP contribution in [-0.4, -0.2) is 26.8 Å². The van der Waals surface area contributed by atoms with Gasteiger partial charge in [-0.25, -0.2) is 8.42 Å². The molecule has 136 valence electrons. The number of nitrogens with zero attached hydrogens (tertiary/aromatic N) is 1. The van der Waals surface area contributed by atoms with E-state index in [0.29, 0.717) is 21.2 Å². The SMILES string of the molecule is O=C(CCN=C1NS(=O)(=O)c2ccccc21)OCc1ccc(Cl)cc1Cl. The Morgan fingerprint density at radius 1 is 1.15 bits per heavy atom. The Bertz CT molecular complexity index is 990. The van der Waals surface area contributed by atoms with E-state index in [1.54, 1.807) is 36.4 Å². The normalized spacial score (nSPS) is 16.2. The molecule has 1 aliphatic heterocycles. The first-order valence-electron chi connectivity index (χ1n) is 7.63. The lowest BCUT2D eigenvalue weighted by atomic mass is 10.2. The van der Waals surface area contributed by atoms with Crippen LogP contribution in [0.25, 0.3) is 0 Å². The molecule has 0 spiro atoms. The van der Waals surface area contributed by atoms with Crippen LogP contribution in [0, 0.1) is 0 Å². The Balaban J connectivity index is 1.57. The molecule has 0 bridgehead atoms. The molecule has 9 heteroatoms. The Morgan fingerprint density at radius 3 is 2.69 bits per heavy atom. The summed E-state index contributed by atoms with van der Waals surface area (Å²) in [6, 6.07) is 11.4. The molecule has 0 fully saturated rings. The van der Waals surface area contributed by atoms with Gasteiger partial charge in [0.15, 0.2) is 0 Å². The topological polar surface area (TPSA) is 84.8 Å². The zero-order valence-corrected chi connectivity index (χ0v) is 15.7. The summed E-state index contributed by atoms with van der Waals surface area (Å²) in [5, 5.41) is 0.919. The fourth-order valence-corrected chi connectivity index (χ4v) is 4.09. The summed E-state index contributed by atoms with van der Waals surface area (Å²) in [5.41, 5.74) is 1.14. The molecule has 3 rings (SSSR count). The predicted molar refractivity (Wildman–Crippen MR) is 99.0 cm³/mol. The van der Waals surface area contributed by atoms with Crippen molar-refractivity contribution < 1.29 is 17.9 Å². The summed E-state index contributed by atoms with van der Waals surface area (Å²) < 4.78 is 31.5. The van der Waals surface area contributed by atoms with Crippen LogP contribution in [0.4, 0.5) is 0 Å². The molecule has 0 radical (unpaired) electrons. The molecule has 0 saturated carbocycles. The maximum absolute atomic E-state index is 12.0. The second-order valence-corrected chi connectivity index (χ2v) is 7.97. The van der Waals surface area contributed by atoms with E-state index < -0.39 is 16.0 Å². The second kappa shape index (κ2) is 7.65. The van der Waals surface area contributed by atoms with Gasteiger partial charge < -0.3 is 4.74 Å². The van der Waals surface area contributed by atoms with Crippen molar-refractivity contribution in [2.45, 2.75) is 17.9 Å². The number of carbonyl (C=O) groups excluding carboxylic acids is 1. The van der Waals surface area contributed by atoms with Crippen LogP contribution in [-0.2, 0) is 26.2 Å². The minimum Gasteiger partial charge on any atom is -0.461 e. The quantitative estimate of drug-likeness (QED) is 0.764. The van der Waals surface area contributed by atoms with E-state index in [1.807, 2.05) is 0 Å². The third kappa shape index (κ3) is 4.17. The summed E-state index contributed by atoms with van der Waals surface area (Å²) >= 11 is 11.8. The van der Waals surface area contributed by atoms with Gasteiger partial charge in [-0.3, -0.25) is 14.5 Å². The molecule has 6 nitrogen and oxygen atoms in total. The van der Waals surface area contributed by atoms with Crippen molar-refractivity contribution in [1.29, 1.82) is 0 Å². The first-order valence-corrected chi connectivity index (χ1v) is 9.87. The van der Waals surface area contributed by atoms with Crippen LogP contribution in [0.2, 0.25) is 10.0 Å². The number of nitrogens with one attached hydrogen (secondary N) is 1. The molecule has 0 aromatic heterocycles. The number of rotatable bonds is 5. The summed E-state index contributed by atoms with van der Waals surface area (Å²) in [4.78, 5) is 16.2. The van der Waals surface area contributed by atoms with E-state index in [-0.39, 0.29) is 30.3 Å². The highest BCUT2D eigenvalue weighted by Gasteiger charge is 2.29. The van der Waals surface area contributed by atoms with E-state index in [9.17, 15) is 13.2 Å². The molecule has 1 aliphatic rings. The van der Waals surface area contributed by atoms with Crippen LogP contribution in [0.5, 0.6) is 0 Å². The smallest absolute Gasteiger partial charge is 0.308 e. The van der Waals surface area contributed by atoms with Crippen molar-refractivity contribution in [3.05, 3.63) is 63.6 Å². The monoisotopic (exact) mass is 412 g/mol. The first kappa shape index (κ1) is 18.7. The van der Waals surface area contributed by atoms with Crippen LogP contribution >= 0.6 is 23.2 Å². The standard InChI is InChI=1S/C17H14Cl2N2O4S/c18-12-6-5-11(14(19)9-12)10-25-16(22)7-8-20-17-13-3-1-2-4-15(13)26(23,24)21-17/h1-6,9H,7-8,10H2,(H,20,21). The molecule has 0 atom stereocenters. The fourth-order valence-electron chi connectivity index (χ4n) is 2.38. The summed E-state index contributed by atoms with van der Waals surface area (Å²) in [7, 11) is -3.58. The minimum absolute atomic E-state index is 0.0125. The largest absolute Gasteiger partial charge is 0.461 e. The Labute approximate surface area is 160 Å². The van der Waals surface area contributed by atoms with Crippen molar-refractivity contribution >= 4 is 45.0 Å². The Morgan fingerprint density at radius 2 is 1.92 bits per heavy atom. The van der Waals surface area contributed by atoms with E-state index in [1.165, 1.54) is 6.07 Å². The number of aliphatic imine (C=N–C) groups is 1. The zero-order chi connectivity index (χ0) is 18.7. The van der Waals surface area contributed by atoms with Crippen LogP contribution in [0.3, 0.4) is 0 Å². The number of carbonyl (C=O) groups is 1. The van der Waals surface area contributed by atoms with Crippen LogP contribution in [0.15, 0.2) is 52.4 Å². The molecule has 0 unspecified atom stereocenters. The van der Waals surface area contributed by atoms with E-state index >= 15 is 0 Å². The molecule has 0 saturated heterocycles. The Kier molecular flexibility index (Phi) is 5.50. The summed E-state index contributed by atoms with van der Waals surface area (Å²) in [6.07, 6.45) is 0.0125. The third-order valence-corrected chi connectivity index (χ3v) is 5.64. The molecule has 0 amide bonds. The van der Waals surface area contributed by atoms with Crippen molar-refractivity contribution in [3.8, 4) is 0 Å².